The molecule has 26 heavy (non-hydrogen) atoms. The minimum atomic E-state index is -0.00953. The van der Waals surface area contributed by atoms with Gasteiger partial charge in [0.2, 0.25) is 0 Å². The Balaban J connectivity index is 1.25. The van der Waals surface area contributed by atoms with E-state index in [9.17, 15) is 4.79 Å². The van der Waals surface area contributed by atoms with Gasteiger partial charge in [0.1, 0.15) is 0 Å². The predicted octanol–water partition coefficient (Wildman–Crippen LogP) is 3.28. The normalized spacial score (nSPS) is 24.3. The van der Waals surface area contributed by atoms with E-state index in [0.717, 1.165) is 18.2 Å². The Labute approximate surface area is 157 Å². The summed E-state index contributed by atoms with van der Waals surface area (Å²) in [5.41, 5.74) is 2.68. The van der Waals surface area contributed by atoms with E-state index < -0.39 is 0 Å². The first-order valence-corrected chi connectivity index (χ1v) is 10.4. The molecule has 0 radical (unpaired) electrons. The molecule has 1 saturated carbocycles. The predicted molar refractivity (Wildman–Crippen MR) is 105 cm³/mol. The molecule has 3 fully saturated rings. The monoisotopic (exact) mass is 355 g/mol. The van der Waals surface area contributed by atoms with Crippen molar-refractivity contribution in [2.45, 2.75) is 57.5 Å². The standard InChI is InChI=1S/C22H33N3O/c1-23-21(26)19-7-5-18(6-8-19)17-24-13-9-22(10-14-24)11-15-25(16-12-22)20-3-2-4-20/h5-8,20H,2-4,9-17H2,1H3,(H,23,26). The maximum atomic E-state index is 11.6. The van der Waals surface area contributed by atoms with Gasteiger partial charge in [-0.05, 0) is 87.8 Å². The van der Waals surface area contributed by atoms with Crippen molar-refractivity contribution >= 4 is 5.91 Å². The van der Waals surface area contributed by atoms with Crippen LogP contribution in [0.3, 0.4) is 0 Å². The van der Waals surface area contributed by atoms with Gasteiger partial charge in [0.05, 0.1) is 0 Å². The van der Waals surface area contributed by atoms with Gasteiger partial charge in [-0.25, -0.2) is 0 Å². The molecule has 4 heteroatoms. The molecule has 0 unspecified atom stereocenters. The number of likely N-dealkylation sites (tertiary alicyclic amines) is 2. The zero-order chi connectivity index (χ0) is 18.0. The molecule has 2 heterocycles. The van der Waals surface area contributed by atoms with Gasteiger partial charge < -0.3 is 10.2 Å². The Kier molecular flexibility index (Phi) is 5.32. The first-order valence-electron chi connectivity index (χ1n) is 10.4. The van der Waals surface area contributed by atoms with Crippen molar-refractivity contribution in [1.29, 1.82) is 0 Å². The van der Waals surface area contributed by atoms with Crippen molar-refractivity contribution in [3.05, 3.63) is 35.4 Å². The Bertz CT molecular complexity index is 605. The number of hydrogen-bond donors (Lipinski definition) is 1. The maximum absolute atomic E-state index is 11.6. The lowest BCUT2D eigenvalue weighted by Crippen LogP contribution is -2.50. The fourth-order valence-electron chi connectivity index (χ4n) is 4.96. The van der Waals surface area contributed by atoms with Gasteiger partial charge in [-0.2, -0.15) is 0 Å². The Morgan fingerprint density at radius 2 is 1.65 bits per heavy atom. The summed E-state index contributed by atoms with van der Waals surface area (Å²) < 4.78 is 0. The molecule has 0 aromatic heterocycles. The van der Waals surface area contributed by atoms with E-state index in [1.54, 1.807) is 7.05 Å². The number of benzene rings is 1. The second-order valence-corrected chi connectivity index (χ2v) is 8.67. The van der Waals surface area contributed by atoms with Crippen LogP contribution in [0.4, 0.5) is 0 Å². The van der Waals surface area contributed by atoms with E-state index in [0.29, 0.717) is 5.41 Å². The quantitative estimate of drug-likeness (QED) is 0.900. The molecule has 142 valence electrons. The topological polar surface area (TPSA) is 35.6 Å². The fourth-order valence-corrected chi connectivity index (χ4v) is 4.96. The third kappa shape index (κ3) is 3.81. The van der Waals surface area contributed by atoms with Gasteiger partial charge in [0, 0.05) is 25.2 Å². The van der Waals surface area contributed by atoms with E-state index in [1.165, 1.54) is 76.7 Å². The summed E-state index contributed by atoms with van der Waals surface area (Å²) in [7, 11) is 1.68. The molecule has 4 nitrogen and oxygen atoms in total. The van der Waals surface area contributed by atoms with Crippen LogP contribution in [0.2, 0.25) is 0 Å². The van der Waals surface area contributed by atoms with Crippen LogP contribution in [-0.2, 0) is 6.54 Å². The van der Waals surface area contributed by atoms with Gasteiger partial charge in [0.15, 0.2) is 0 Å². The molecule has 4 rings (SSSR count). The molecule has 1 N–H and O–H groups in total. The van der Waals surface area contributed by atoms with E-state index >= 15 is 0 Å². The first kappa shape index (κ1) is 18.0. The van der Waals surface area contributed by atoms with E-state index in [-0.39, 0.29) is 5.91 Å². The first-order chi connectivity index (χ1) is 12.7. The van der Waals surface area contributed by atoms with Crippen LogP contribution in [0.5, 0.6) is 0 Å². The number of amides is 1. The average Bonchev–Trinajstić information content (AvgIpc) is 2.64. The fraction of sp³-hybridized carbons (Fsp3) is 0.682. The second-order valence-electron chi connectivity index (χ2n) is 8.67. The van der Waals surface area contributed by atoms with Crippen LogP contribution in [0.15, 0.2) is 24.3 Å². The largest absolute Gasteiger partial charge is 0.355 e. The summed E-state index contributed by atoms with van der Waals surface area (Å²) in [6.45, 7) is 6.14. The third-order valence-electron chi connectivity index (χ3n) is 7.22. The summed E-state index contributed by atoms with van der Waals surface area (Å²) in [6.07, 6.45) is 9.89. The Morgan fingerprint density at radius 3 is 2.19 bits per heavy atom. The summed E-state index contributed by atoms with van der Waals surface area (Å²) >= 11 is 0. The molecular formula is C22H33N3O. The summed E-state index contributed by atoms with van der Waals surface area (Å²) in [4.78, 5) is 17.0. The van der Waals surface area contributed by atoms with Crippen molar-refractivity contribution in [3.8, 4) is 0 Å². The van der Waals surface area contributed by atoms with Gasteiger partial charge in [0.25, 0.3) is 5.91 Å². The highest BCUT2D eigenvalue weighted by Crippen LogP contribution is 2.43. The molecule has 2 aliphatic heterocycles. The highest BCUT2D eigenvalue weighted by Gasteiger charge is 2.39. The molecule has 1 amide bonds. The van der Waals surface area contributed by atoms with Crippen LogP contribution >= 0.6 is 0 Å². The summed E-state index contributed by atoms with van der Waals surface area (Å²) in [5, 5.41) is 2.68. The minimum Gasteiger partial charge on any atom is -0.355 e. The lowest BCUT2D eigenvalue weighted by atomic mass is 9.70. The Morgan fingerprint density at radius 1 is 1.04 bits per heavy atom. The van der Waals surface area contributed by atoms with Gasteiger partial charge in [-0.15, -0.1) is 0 Å². The molecule has 2 saturated heterocycles. The number of hydrogen-bond acceptors (Lipinski definition) is 3. The lowest BCUT2D eigenvalue weighted by molar-refractivity contribution is 0.00363. The van der Waals surface area contributed by atoms with E-state index in [4.69, 9.17) is 0 Å². The molecule has 1 aromatic carbocycles. The van der Waals surface area contributed by atoms with Crippen molar-refractivity contribution in [2.75, 3.05) is 33.2 Å². The molecule has 0 atom stereocenters. The lowest BCUT2D eigenvalue weighted by Gasteiger charge is -2.50. The zero-order valence-corrected chi connectivity index (χ0v) is 16.2. The van der Waals surface area contributed by atoms with Crippen LogP contribution < -0.4 is 5.32 Å². The maximum Gasteiger partial charge on any atom is 0.251 e. The molecular weight excluding hydrogens is 322 g/mol. The number of rotatable bonds is 4. The van der Waals surface area contributed by atoms with Gasteiger partial charge >= 0.3 is 0 Å². The highest BCUT2D eigenvalue weighted by atomic mass is 16.1. The van der Waals surface area contributed by atoms with Crippen LogP contribution in [0.25, 0.3) is 0 Å². The Hall–Kier alpha value is -1.39. The number of piperidine rings is 2. The van der Waals surface area contributed by atoms with Crippen molar-refractivity contribution in [1.82, 2.24) is 15.1 Å². The van der Waals surface area contributed by atoms with Crippen molar-refractivity contribution in [3.63, 3.8) is 0 Å². The molecule has 1 aliphatic carbocycles. The molecule has 3 aliphatic rings. The SMILES string of the molecule is CNC(=O)c1ccc(CN2CCC3(CC2)CCN(C2CCC2)CC3)cc1. The van der Waals surface area contributed by atoms with Crippen molar-refractivity contribution in [2.24, 2.45) is 5.41 Å². The van der Waals surface area contributed by atoms with Crippen LogP contribution in [-0.4, -0.2) is 55.0 Å². The highest BCUT2D eigenvalue weighted by molar-refractivity contribution is 5.93. The minimum absolute atomic E-state index is 0.00953. The zero-order valence-electron chi connectivity index (χ0n) is 16.2. The van der Waals surface area contributed by atoms with Crippen LogP contribution in [0, 0.1) is 5.41 Å². The van der Waals surface area contributed by atoms with Gasteiger partial charge in [-0.1, -0.05) is 18.6 Å². The van der Waals surface area contributed by atoms with Gasteiger partial charge in [-0.3, -0.25) is 9.69 Å². The summed E-state index contributed by atoms with van der Waals surface area (Å²) in [5.74, 6) is -0.00953. The number of nitrogens with one attached hydrogen (secondary N) is 1. The third-order valence-corrected chi connectivity index (χ3v) is 7.22. The van der Waals surface area contributed by atoms with Crippen LogP contribution in [0.1, 0.15) is 60.9 Å². The summed E-state index contributed by atoms with van der Waals surface area (Å²) in [6, 6.07) is 9.01. The molecule has 1 aromatic rings. The second kappa shape index (κ2) is 7.69. The molecule has 1 spiro atoms. The smallest absolute Gasteiger partial charge is 0.251 e. The number of carbonyl (C=O) groups is 1. The van der Waals surface area contributed by atoms with Crippen molar-refractivity contribution < 1.29 is 4.79 Å². The number of nitrogens with zero attached hydrogens (tertiary/aromatic N) is 2. The average molecular weight is 356 g/mol. The van der Waals surface area contributed by atoms with E-state index in [2.05, 4.69) is 27.2 Å². The number of carbonyl (C=O) groups excluding carboxylic acids is 1. The van der Waals surface area contributed by atoms with E-state index in [1.807, 2.05) is 12.1 Å². The molecule has 0 bridgehead atoms.